The van der Waals surface area contributed by atoms with E-state index in [4.69, 9.17) is 15.2 Å². The lowest BCUT2D eigenvalue weighted by molar-refractivity contribution is -0.165. The van der Waals surface area contributed by atoms with Gasteiger partial charge in [0.1, 0.15) is 11.4 Å². The first-order chi connectivity index (χ1) is 17.6. The maximum atomic E-state index is 13.2. The molecule has 2 fully saturated rings. The number of rotatable bonds is 11. The molecule has 0 amide bonds. The number of esters is 2. The largest absolute Gasteiger partial charge is 0.511 e. The van der Waals surface area contributed by atoms with Gasteiger partial charge in [0.15, 0.2) is 0 Å². The van der Waals surface area contributed by atoms with Gasteiger partial charge in [-0.2, -0.15) is 0 Å². The minimum atomic E-state index is -1.85. The number of carbonyl (C=O) groups excluding carboxylic acids is 4. The molecule has 2 aliphatic rings. The fourth-order valence-corrected chi connectivity index (χ4v) is 5.70. The molecule has 3 N–H and O–H groups in total. The van der Waals surface area contributed by atoms with Gasteiger partial charge in [0.2, 0.25) is 13.6 Å². The SMILES string of the molecule is CCOC(=O)OCOC(=O)[C@H]1[C@@H]2[C@H](O)[C@@H](CSc3ccc(F)cc3)[C@@](N)(C(=O)OCOC(=O)OCC)[C@H]12. The molecule has 6 atom stereocenters. The number of ether oxygens (including phenoxy) is 6. The van der Waals surface area contributed by atoms with Crippen LogP contribution < -0.4 is 5.73 Å². The Morgan fingerprint density at radius 1 is 0.946 bits per heavy atom. The summed E-state index contributed by atoms with van der Waals surface area (Å²) in [4.78, 5) is 49.0. The van der Waals surface area contributed by atoms with Crippen LogP contribution in [0, 0.1) is 29.5 Å². The normalized spacial score (nSPS) is 27.4. The van der Waals surface area contributed by atoms with Gasteiger partial charge in [-0.15, -0.1) is 11.8 Å². The Morgan fingerprint density at radius 3 is 2.08 bits per heavy atom. The van der Waals surface area contributed by atoms with E-state index < -0.39 is 79.0 Å². The summed E-state index contributed by atoms with van der Waals surface area (Å²) in [5, 5.41) is 11.0. The summed E-state index contributed by atoms with van der Waals surface area (Å²) < 4.78 is 41.7. The number of aliphatic hydroxyl groups excluding tert-OH is 1. The summed E-state index contributed by atoms with van der Waals surface area (Å²) in [5.74, 6) is -5.51. The summed E-state index contributed by atoms with van der Waals surface area (Å²) in [5.41, 5.74) is 4.69. The van der Waals surface area contributed by atoms with Crippen molar-refractivity contribution in [2.24, 2.45) is 29.4 Å². The van der Waals surface area contributed by atoms with Gasteiger partial charge in [-0.3, -0.25) is 4.79 Å². The van der Waals surface area contributed by atoms with E-state index in [0.717, 1.165) is 0 Å². The Bertz CT molecular complexity index is 993. The zero-order valence-corrected chi connectivity index (χ0v) is 20.9. The number of carbonyl (C=O) groups is 4. The zero-order valence-electron chi connectivity index (χ0n) is 20.1. The third-order valence-electron chi connectivity index (χ3n) is 6.19. The van der Waals surface area contributed by atoms with Gasteiger partial charge in [0.25, 0.3) is 0 Å². The quantitative estimate of drug-likeness (QED) is 0.179. The Morgan fingerprint density at radius 2 is 1.51 bits per heavy atom. The van der Waals surface area contributed by atoms with E-state index in [1.54, 1.807) is 13.8 Å². The highest BCUT2D eigenvalue weighted by Crippen LogP contribution is 2.64. The number of aliphatic hydroxyl groups is 1. The molecular formula is C23H28FNO11S. The van der Waals surface area contributed by atoms with Crippen LogP contribution in [0.15, 0.2) is 29.2 Å². The van der Waals surface area contributed by atoms with Crippen molar-refractivity contribution in [3.8, 4) is 0 Å². The van der Waals surface area contributed by atoms with Crippen LogP contribution in [0.2, 0.25) is 0 Å². The number of hydrogen-bond donors (Lipinski definition) is 2. The van der Waals surface area contributed by atoms with Crippen LogP contribution in [0.4, 0.5) is 14.0 Å². The zero-order chi connectivity index (χ0) is 27.2. The number of halogens is 1. The van der Waals surface area contributed by atoms with Crippen molar-refractivity contribution >= 4 is 36.0 Å². The van der Waals surface area contributed by atoms with Gasteiger partial charge in [-0.05, 0) is 38.1 Å². The maximum Gasteiger partial charge on any atom is 0.511 e. The molecule has 1 aromatic rings. The van der Waals surface area contributed by atoms with Crippen molar-refractivity contribution in [3.05, 3.63) is 30.1 Å². The molecule has 1 aromatic carbocycles. The standard InChI is InChI=1S/C23H28FNO11S/c1-3-31-21(29)35-10-33-19(27)16-15-17(16)23(25,20(28)34-11-36-22(30)32-4-2)14(18(15)26)9-37-13-7-5-12(24)6-8-13/h5-8,14-18,26H,3-4,9-11,25H2,1-2H3/t14-,15+,16+,17+,18-,23+/m1/s1. The fourth-order valence-electron chi connectivity index (χ4n) is 4.52. The first kappa shape index (κ1) is 28.5. The van der Waals surface area contributed by atoms with Crippen molar-refractivity contribution in [2.45, 2.75) is 30.4 Å². The van der Waals surface area contributed by atoms with Crippen molar-refractivity contribution in [1.82, 2.24) is 0 Å². The van der Waals surface area contributed by atoms with Crippen molar-refractivity contribution in [1.29, 1.82) is 0 Å². The van der Waals surface area contributed by atoms with E-state index in [9.17, 15) is 28.7 Å². The molecule has 0 aromatic heterocycles. The van der Waals surface area contributed by atoms with Crippen molar-refractivity contribution in [2.75, 3.05) is 32.6 Å². The third kappa shape index (κ3) is 6.43. The number of hydrogen-bond acceptors (Lipinski definition) is 13. The second-order valence-electron chi connectivity index (χ2n) is 8.21. The second-order valence-corrected chi connectivity index (χ2v) is 9.30. The van der Waals surface area contributed by atoms with E-state index in [0.29, 0.717) is 4.90 Å². The summed E-state index contributed by atoms with van der Waals surface area (Å²) in [6, 6.07) is 5.61. The van der Waals surface area contributed by atoms with Gasteiger partial charge in [-0.25, -0.2) is 18.8 Å². The average molecular weight is 546 g/mol. The Hall–Kier alpha value is -3.10. The third-order valence-corrected chi connectivity index (χ3v) is 7.32. The molecule has 37 heavy (non-hydrogen) atoms. The number of benzene rings is 1. The second kappa shape index (κ2) is 12.4. The van der Waals surface area contributed by atoms with Gasteiger partial charge in [-0.1, -0.05) is 0 Å². The highest BCUT2D eigenvalue weighted by Gasteiger charge is 2.78. The highest BCUT2D eigenvalue weighted by atomic mass is 32.2. The van der Waals surface area contributed by atoms with Gasteiger partial charge >= 0.3 is 24.2 Å². The Balaban J connectivity index is 1.69. The smallest absolute Gasteiger partial charge is 0.435 e. The average Bonchev–Trinajstić information content (AvgIpc) is 3.57. The molecule has 0 aliphatic heterocycles. The fraction of sp³-hybridized carbons (Fsp3) is 0.565. The Kier molecular flexibility index (Phi) is 9.56. The van der Waals surface area contributed by atoms with E-state index in [2.05, 4.69) is 18.9 Å². The van der Waals surface area contributed by atoms with Crippen LogP contribution >= 0.6 is 11.8 Å². The monoisotopic (exact) mass is 545 g/mol. The Labute approximate surface area is 215 Å². The first-order valence-corrected chi connectivity index (χ1v) is 12.4. The molecular weight excluding hydrogens is 517 g/mol. The number of thioether (sulfide) groups is 1. The molecule has 14 heteroatoms. The summed E-state index contributed by atoms with van der Waals surface area (Å²) in [6.45, 7) is 1.75. The first-order valence-electron chi connectivity index (χ1n) is 11.4. The van der Waals surface area contributed by atoms with Crippen LogP contribution in [0.1, 0.15) is 13.8 Å². The van der Waals surface area contributed by atoms with E-state index in [1.165, 1.54) is 36.0 Å². The number of nitrogens with two attached hydrogens (primary N) is 1. The minimum absolute atomic E-state index is 0.0515. The van der Waals surface area contributed by atoms with Crippen LogP contribution in [0.3, 0.4) is 0 Å². The molecule has 0 bridgehead atoms. The van der Waals surface area contributed by atoms with Crippen LogP contribution in [-0.4, -0.2) is 73.6 Å². The molecule has 204 valence electrons. The molecule has 0 saturated heterocycles. The van der Waals surface area contributed by atoms with E-state index in [1.807, 2.05) is 0 Å². The molecule has 0 radical (unpaired) electrons. The lowest BCUT2D eigenvalue weighted by Crippen LogP contribution is -2.59. The lowest BCUT2D eigenvalue weighted by atomic mass is 9.81. The highest BCUT2D eigenvalue weighted by molar-refractivity contribution is 7.99. The van der Waals surface area contributed by atoms with Gasteiger partial charge in [0, 0.05) is 28.4 Å². The van der Waals surface area contributed by atoms with Crippen molar-refractivity contribution in [3.63, 3.8) is 0 Å². The minimum Gasteiger partial charge on any atom is -0.435 e. The molecule has 2 aliphatic carbocycles. The van der Waals surface area contributed by atoms with E-state index >= 15 is 0 Å². The number of fused-ring (bicyclic) bond motifs is 1. The van der Waals surface area contributed by atoms with Gasteiger partial charge < -0.3 is 39.3 Å². The predicted octanol–water partition coefficient (Wildman–Crippen LogP) is 1.82. The summed E-state index contributed by atoms with van der Waals surface area (Å²) in [7, 11) is 0. The molecule has 12 nitrogen and oxygen atoms in total. The molecule has 0 unspecified atom stereocenters. The van der Waals surface area contributed by atoms with Crippen LogP contribution in [0.5, 0.6) is 0 Å². The maximum absolute atomic E-state index is 13.2. The van der Waals surface area contributed by atoms with Crippen molar-refractivity contribution < 1.29 is 57.1 Å². The molecule has 0 spiro atoms. The molecule has 0 heterocycles. The van der Waals surface area contributed by atoms with E-state index in [-0.39, 0.29) is 19.0 Å². The van der Waals surface area contributed by atoms with Gasteiger partial charge in [0.05, 0.1) is 25.2 Å². The molecule has 3 rings (SSSR count). The van der Waals surface area contributed by atoms with Crippen LogP contribution in [0.25, 0.3) is 0 Å². The summed E-state index contributed by atoms with van der Waals surface area (Å²) >= 11 is 1.23. The van der Waals surface area contributed by atoms with Crippen LogP contribution in [-0.2, 0) is 38.0 Å². The predicted molar refractivity (Wildman–Crippen MR) is 122 cm³/mol. The molecule has 2 saturated carbocycles. The topological polar surface area (TPSA) is 170 Å². The summed E-state index contributed by atoms with van der Waals surface area (Å²) in [6.07, 6.45) is -3.27. The lowest BCUT2D eigenvalue weighted by Gasteiger charge is -2.34.